The molecular formula is C50H35BN4O23. The fraction of sp³-hybridized carbons (Fsp3) is 0.0800. The highest BCUT2D eigenvalue weighted by molar-refractivity contribution is 6.37. The molecule has 0 unspecified atom stereocenters. The van der Waals surface area contributed by atoms with Gasteiger partial charge in [0.25, 0.3) is 0 Å². The van der Waals surface area contributed by atoms with E-state index in [-0.39, 0.29) is 16.6 Å². The van der Waals surface area contributed by atoms with Gasteiger partial charge in [-0.15, -0.1) is 0 Å². The summed E-state index contributed by atoms with van der Waals surface area (Å²) in [5, 5.41) is 233. The van der Waals surface area contributed by atoms with Crippen molar-refractivity contribution in [2.45, 2.75) is 27.2 Å². The fourth-order valence-electron chi connectivity index (χ4n) is 10.2. The van der Waals surface area contributed by atoms with E-state index in [1.807, 2.05) is 0 Å². The third-order valence-corrected chi connectivity index (χ3v) is 14.2. The Morgan fingerprint density at radius 2 is 0.949 bits per heavy atom. The SMILES string of the molecule is Bc1c(O)c(O)c(O)c(-c2nc(-c3c(O)c(C)c(O)c(O)c3O)nc(-c3c(O)c(O)c(O)c4c3C(=C(/C)O)/C(=C(O)\C(O)=C\c3c(O)c5c(=O)c6c(O)c(C)c(O)c7c6n6c8c(c(O)c(O)c(O)c8c(c3O)c56)O7)C4)n2)c1O. The number of aromatic nitrogens is 4. The first kappa shape index (κ1) is 48.9. The topological polar surface area (TPSA) is 494 Å². The number of aromatic hydroxyl groups is 18. The average molecular weight is 1070 g/mol. The van der Waals surface area contributed by atoms with Crippen LogP contribution in [0.2, 0.25) is 0 Å². The molecule has 0 radical (unpaired) electrons. The van der Waals surface area contributed by atoms with Gasteiger partial charge >= 0.3 is 0 Å². The monoisotopic (exact) mass is 1070 g/mol. The van der Waals surface area contributed by atoms with Crippen molar-refractivity contribution in [1.82, 2.24) is 19.4 Å². The van der Waals surface area contributed by atoms with Crippen LogP contribution in [-0.4, -0.2) is 134 Å². The van der Waals surface area contributed by atoms with Gasteiger partial charge in [-0.2, -0.15) is 0 Å². The van der Waals surface area contributed by atoms with Crippen LogP contribution in [0.4, 0.5) is 0 Å². The van der Waals surface area contributed by atoms with Gasteiger partial charge in [-0.25, -0.2) is 15.0 Å². The molecule has 78 heavy (non-hydrogen) atoms. The Morgan fingerprint density at radius 3 is 1.55 bits per heavy atom. The van der Waals surface area contributed by atoms with E-state index in [0.29, 0.717) is 6.08 Å². The molecule has 9 aromatic rings. The third-order valence-electron chi connectivity index (χ3n) is 14.2. The lowest BCUT2D eigenvalue weighted by atomic mass is 9.90. The summed E-state index contributed by atoms with van der Waals surface area (Å²) in [7, 11) is 1.08. The van der Waals surface area contributed by atoms with E-state index in [1.54, 1.807) is 0 Å². The number of ether oxygens (including phenoxy) is 1. The maximum atomic E-state index is 14.5. The zero-order valence-corrected chi connectivity index (χ0v) is 39.8. The zero-order chi connectivity index (χ0) is 56.8. The molecule has 0 saturated heterocycles. The molecule has 27 nitrogen and oxygen atoms in total. The molecule has 0 bridgehead atoms. The molecule has 2 aliphatic rings. The first-order chi connectivity index (χ1) is 36.6. The van der Waals surface area contributed by atoms with Gasteiger partial charge in [0.1, 0.15) is 58.8 Å². The lowest BCUT2D eigenvalue weighted by Crippen LogP contribution is -2.11. The van der Waals surface area contributed by atoms with Crippen LogP contribution in [0.15, 0.2) is 27.6 Å². The Bertz CT molecular complexity index is 4430. The van der Waals surface area contributed by atoms with Crippen LogP contribution in [0.25, 0.3) is 83.9 Å². The van der Waals surface area contributed by atoms with E-state index in [4.69, 9.17) is 4.74 Å². The predicted octanol–water partition coefficient (Wildman–Crippen LogP) is 4.32. The normalized spacial score (nSPS) is 14.4. The van der Waals surface area contributed by atoms with Crippen LogP contribution >= 0.6 is 0 Å². The number of pyridine rings is 1. The highest BCUT2D eigenvalue weighted by Gasteiger charge is 2.41. The van der Waals surface area contributed by atoms with E-state index < -0.39 is 244 Å². The molecule has 3 aromatic heterocycles. The Hall–Kier alpha value is -11.3. The summed E-state index contributed by atoms with van der Waals surface area (Å²) < 4.78 is 6.83. The lowest BCUT2D eigenvalue weighted by molar-refractivity contribution is 0.326. The van der Waals surface area contributed by atoms with E-state index in [1.165, 1.54) is 6.92 Å². The molecule has 4 heterocycles. The number of allylic oxidation sites excluding steroid dienone is 3. The molecule has 396 valence electrons. The minimum Gasteiger partial charge on any atom is -0.512 e. The highest BCUT2D eigenvalue weighted by Crippen LogP contribution is 2.62. The largest absolute Gasteiger partial charge is 0.512 e. The second-order valence-corrected chi connectivity index (χ2v) is 18.3. The van der Waals surface area contributed by atoms with Gasteiger partial charge in [0.05, 0.1) is 43.9 Å². The van der Waals surface area contributed by atoms with Gasteiger partial charge < -0.3 is 116 Å². The minimum atomic E-state index is -1.35. The summed E-state index contributed by atoms with van der Waals surface area (Å²) in [6, 6.07) is 0. The molecule has 0 fully saturated rings. The zero-order valence-electron chi connectivity index (χ0n) is 39.8. The first-order valence-corrected chi connectivity index (χ1v) is 22.4. The van der Waals surface area contributed by atoms with Crippen LogP contribution in [0.5, 0.6) is 115 Å². The summed E-state index contributed by atoms with van der Waals surface area (Å²) in [6.07, 6.45) is -0.368. The fourth-order valence-corrected chi connectivity index (χ4v) is 10.2. The van der Waals surface area contributed by atoms with Gasteiger partial charge in [0.2, 0.25) is 34.2 Å². The molecule has 11 rings (SSSR count). The quantitative estimate of drug-likeness (QED) is 0.0375. The van der Waals surface area contributed by atoms with Crippen molar-refractivity contribution in [2.75, 3.05) is 0 Å². The maximum Gasteiger partial charge on any atom is 0.207 e. The van der Waals surface area contributed by atoms with Gasteiger partial charge in [-0.1, -0.05) is 0 Å². The summed E-state index contributed by atoms with van der Waals surface area (Å²) in [6.45, 7) is 3.25. The molecule has 28 heteroatoms. The number of fused-ring (bicyclic) bond motifs is 2. The lowest BCUT2D eigenvalue weighted by Gasteiger charge is -2.22. The molecule has 1 aliphatic carbocycles. The van der Waals surface area contributed by atoms with Crippen molar-refractivity contribution in [3.63, 3.8) is 0 Å². The molecule has 0 amide bonds. The molecule has 0 atom stereocenters. The first-order valence-electron chi connectivity index (χ1n) is 22.4. The summed E-state index contributed by atoms with van der Waals surface area (Å²) >= 11 is 0. The van der Waals surface area contributed by atoms with Crippen molar-refractivity contribution in [3.8, 4) is 149 Å². The van der Waals surface area contributed by atoms with E-state index in [2.05, 4.69) is 15.0 Å². The Labute approximate surface area is 430 Å². The number of aliphatic hydroxyl groups is 3. The van der Waals surface area contributed by atoms with Crippen LogP contribution in [0.3, 0.4) is 0 Å². The van der Waals surface area contributed by atoms with E-state index in [0.717, 1.165) is 26.1 Å². The molecule has 0 saturated carbocycles. The summed E-state index contributed by atoms with van der Waals surface area (Å²) in [4.78, 5) is 27.0. The summed E-state index contributed by atoms with van der Waals surface area (Å²) in [5.74, 6) is -27.6. The number of aliphatic hydroxyl groups excluding tert-OH is 3. The average Bonchev–Trinajstić information content (AvgIpc) is 4.18. The van der Waals surface area contributed by atoms with Crippen LogP contribution in [0.1, 0.15) is 34.7 Å². The molecule has 1 aliphatic heterocycles. The van der Waals surface area contributed by atoms with Crippen molar-refractivity contribution in [1.29, 1.82) is 0 Å². The highest BCUT2D eigenvalue weighted by atomic mass is 16.5. The van der Waals surface area contributed by atoms with Crippen LogP contribution < -0.4 is 15.6 Å². The standard InChI is InChI=1S/C50H35BN4O23/c1-6-27(59)20(38(70)41(73)28(6)60)49-52-48(53-50(54-49)21-35(67)22(51)40(72)43(75)39(21)71)17-14-10(33(65)42(74)37(17)69)4-9(13(14)8(3)56)30(62)12(57)5-11-31(63)15-16-24-47(45(77)44(76)36(16)68)78-46-25-19(26(58)7(2)29(46)61)34(66)18(32(11)64)23(15)55(24)25/h5,56-65,67-77H,4,51H2,1-3H3/b12-5-,13-8-,30-9+. The predicted molar refractivity (Wildman–Crippen MR) is 270 cm³/mol. The van der Waals surface area contributed by atoms with Gasteiger partial charge in [0, 0.05) is 39.8 Å². The maximum absolute atomic E-state index is 14.5. The molecule has 21 N–H and O–H groups in total. The number of benzene rings is 6. The number of phenolic OH excluding ortho intramolecular Hbond substituents is 18. The van der Waals surface area contributed by atoms with Crippen LogP contribution in [0, 0.1) is 13.8 Å². The Morgan fingerprint density at radius 1 is 0.487 bits per heavy atom. The van der Waals surface area contributed by atoms with Gasteiger partial charge in [-0.3, -0.25) is 4.79 Å². The molecular weight excluding hydrogens is 1040 g/mol. The number of hydrogen-bond acceptors (Lipinski definition) is 26. The van der Waals surface area contributed by atoms with Crippen molar-refractivity contribution < 1.29 is 112 Å². The number of rotatable bonds is 5. The van der Waals surface area contributed by atoms with Crippen molar-refractivity contribution >= 4 is 63.1 Å². The third kappa shape index (κ3) is 5.80. The molecule has 6 aromatic carbocycles. The molecule has 0 spiro atoms. The Balaban J connectivity index is 1.18. The van der Waals surface area contributed by atoms with Crippen molar-refractivity contribution in [3.05, 3.63) is 60.9 Å². The second-order valence-electron chi connectivity index (χ2n) is 18.3. The summed E-state index contributed by atoms with van der Waals surface area (Å²) in [5.41, 5.74) is -9.60. The van der Waals surface area contributed by atoms with Gasteiger partial charge in [0.15, 0.2) is 86.5 Å². The second kappa shape index (κ2) is 15.6. The number of hydrogen-bond donors (Lipinski definition) is 21. The smallest absolute Gasteiger partial charge is 0.207 e. The van der Waals surface area contributed by atoms with E-state index >= 15 is 0 Å². The van der Waals surface area contributed by atoms with Crippen molar-refractivity contribution in [2.24, 2.45) is 0 Å². The van der Waals surface area contributed by atoms with Crippen LogP contribution in [-0.2, 0) is 6.42 Å². The Kier molecular flexibility index (Phi) is 9.79. The van der Waals surface area contributed by atoms with E-state index in [9.17, 15) is 112 Å². The number of phenols is 18. The van der Waals surface area contributed by atoms with Gasteiger partial charge in [-0.05, 0) is 32.3 Å². The minimum absolute atomic E-state index is 0.330. The number of nitrogens with zero attached hydrogens (tertiary/aromatic N) is 4.